The van der Waals surface area contributed by atoms with Gasteiger partial charge >= 0.3 is 0 Å². The molecule has 11 heavy (non-hydrogen) atoms. The van der Waals surface area contributed by atoms with E-state index in [2.05, 4.69) is 0 Å². The van der Waals surface area contributed by atoms with Crippen LogP contribution in [0.15, 0.2) is 23.9 Å². The average Bonchev–Trinajstić information content (AvgIpc) is 2.05. The van der Waals surface area contributed by atoms with Crippen LogP contribution in [-0.2, 0) is 11.3 Å². The van der Waals surface area contributed by atoms with Crippen LogP contribution in [0.4, 0.5) is 0 Å². The highest BCUT2D eigenvalue weighted by Crippen LogP contribution is 2.13. The zero-order chi connectivity index (χ0) is 8.27. The molecular weight excluding hydrogens is 162 g/mol. The molecule has 1 rings (SSSR count). The summed E-state index contributed by atoms with van der Waals surface area (Å²) >= 11 is -1.89. The predicted octanol–water partition coefficient (Wildman–Crippen LogP) is 1.29. The van der Waals surface area contributed by atoms with Crippen molar-refractivity contribution >= 4 is 11.3 Å². The third-order valence-corrected chi connectivity index (χ3v) is 2.25. The molecule has 0 aromatic rings. The topological polar surface area (TPSA) is 40.5 Å². The zero-order valence-electron chi connectivity index (χ0n) is 6.36. The maximum atomic E-state index is 10.6. The summed E-state index contributed by atoms with van der Waals surface area (Å²) in [7, 11) is 1.59. The van der Waals surface area contributed by atoms with Crippen LogP contribution < -0.4 is 0 Å². The Balaban J connectivity index is 2.66. The van der Waals surface area contributed by atoms with Crippen molar-refractivity contribution in [2.24, 2.45) is 0 Å². The Morgan fingerprint density at radius 3 is 2.82 bits per heavy atom. The Morgan fingerprint density at radius 1 is 1.64 bits per heavy atom. The third kappa shape index (κ3) is 2.17. The first-order valence-corrected chi connectivity index (χ1v) is 4.49. The van der Waals surface area contributed by atoms with E-state index >= 15 is 0 Å². The molecule has 0 amide bonds. The fourth-order valence-corrected chi connectivity index (χ4v) is 1.24. The highest BCUT2D eigenvalue weighted by Gasteiger charge is 2.07. The van der Waals surface area contributed by atoms with E-state index in [0.717, 1.165) is 18.5 Å². The molecule has 0 spiro atoms. The minimum Gasteiger partial charge on any atom is -0.289 e. The minimum absolute atomic E-state index is 0.817. The van der Waals surface area contributed by atoms with Gasteiger partial charge < -0.3 is 0 Å². The molecule has 1 atom stereocenters. The second-order valence-corrected chi connectivity index (χ2v) is 3.35. The van der Waals surface area contributed by atoms with Gasteiger partial charge in [0.2, 0.25) is 0 Å². The zero-order valence-corrected chi connectivity index (χ0v) is 7.17. The smallest absolute Gasteiger partial charge is 0.261 e. The summed E-state index contributed by atoms with van der Waals surface area (Å²) < 4.78 is 20.6. The van der Waals surface area contributed by atoms with Crippen LogP contribution in [0.5, 0.6) is 0 Å². The summed E-state index contributed by atoms with van der Waals surface area (Å²) in [4.78, 5) is 0. The number of rotatable bonds is 2. The lowest BCUT2D eigenvalue weighted by molar-refractivity contribution is 0.497. The van der Waals surface area contributed by atoms with Gasteiger partial charge in [0, 0.05) is 12.7 Å². The van der Waals surface area contributed by atoms with Gasteiger partial charge in [0.15, 0.2) is 0 Å². The first kappa shape index (κ1) is 8.49. The van der Waals surface area contributed by atoms with Crippen LogP contribution in [0.2, 0.25) is 0 Å². The van der Waals surface area contributed by atoms with Gasteiger partial charge in [-0.25, -0.2) is 4.21 Å². The highest BCUT2D eigenvalue weighted by atomic mass is 32.2. The van der Waals surface area contributed by atoms with Crippen molar-refractivity contribution < 1.29 is 8.76 Å². The summed E-state index contributed by atoms with van der Waals surface area (Å²) in [5, 5.41) is 0. The molecule has 0 radical (unpaired) electrons. The molecule has 62 valence electrons. The van der Waals surface area contributed by atoms with Crippen molar-refractivity contribution in [3.05, 3.63) is 23.9 Å². The lowest BCUT2D eigenvalue weighted by atomic mass is 10.1. The van der Waals surface area contributed by atoms with Gasteiger partial charge in [-0.2, -0.15) is 0 Å². The number of hydrogen-bond donors (Lipinski definition) is 1. The van der Waals surface area contributed by atoms with Gasteiger partial charge in [0.25, 0.3) is 11.3 Å². The van der Waals surface area contributed by atoms with Crippen molar-refractivity contribution in [1.82, 2.24) is 4.31 Å². The van der Waals surface area contributed by atoms with E-state index in [9.17, 15) is 4.21 Å². The van der Waals surface area contributed by atoms with E-state index in [1.807, 2.05) is 18.2 Å². The second-order valence-electron chi connectivity index (χ2n) is 2.34. The quantitative estimate of drug-likeness (QED) is 0.639. The van der Waals surface area contributed by atoms with E-state index in [1.54, 1.807) is 7.05 Å². The Kier molecular flexibility index (Phi) is 2.84. The second kappa shape index (κ2) is 3.69. The van der Waals surface area contributed by atoms with Crippen LogP contribution in [0.1, 0.15) is 12.8 Å². The molecule has 0 aliphatic heterocycles. The molecule has 0 heterocycles. The number of nitrogens with zero attached hydrogens (tertiary/aromatic N) is 1. The number of allylic oxidation sites excluding steroid dienone is 3. The average molecular weight is 173 g/mol. The first-order valence-electron chi connectivity index (χ1n) is 3.43. The molecule has 0 fully saturated rings. The summed E-state index contributed by atoms with van der Waals surface area (Å²) in [6.45, 7) is 0. The van der Waals surface area contributed by atoms with Gasteiger partial charge in [-0.05, 0) is 18.9 Å². The van der Waals surface area contributed by atoms with Crippen LogP contribution in [0.25, 0.3) is 0 Å². The van der Waals surface area contributed by atoms with Crippen molar-refractivity contribution in [2.75, 3.05) is 7.05 Å². The number of likely N-dealkylation sites (N-methyl/N-ethyl adjacent to an activating group) is 1. The van der Waals surface area contributed by atoms with Gasteiger partial charge in [-0.3, -0.25) is 8.86 Å². The summed E-state index contributed by atoms with van der Waals surface area (Å²) in [6, 6.07) is 0. The summed E-state index contributed by atoms with van der Waals surface area (Å²) in [6.07, 6.45) is 7.78. The fraction of sp³-hybridized carbons (Fsp3) is 0.429. The molecule has 0 saturated carbocycles. The van der Waals surface area contributed by atoms with Crippen LogP contribution >= 0.6 is 0 Å². The van der Waals surface area contributed by atoms with E-state index < -0.39 is 11.3 Å². The highest BCUT2D eigenvalue weighted by molar-refractivity contribution is 7.76. The molecule has 1 N–H and O–H groups in total. The van der Waals surface area contributed by atoms with Gasteiger partial charge in [0.1, 0.15) is 0 Å². The largest absolute Gasteiger partial charge is 0.289 e. The molecule has 0 bridgehead atoms. The lowest BCUT2D eigenvalue weighted by Gasteiger charge is -2.16. The van der Waals surface area contributed by atoms with Crippen LogP contribution in [0.3, 0.4) is 0 Å². The van der Waals surface area contributed by atoms with E-state index in [1.165, 1.54) is 4.31 Å². The molecule has 0 aromatic heterocycles. The standard InChI is InChI=1S/C7H11NO2S/c1-8(11(9)10)7-5-3-2-4-6-7/h3,5-6H,2,4H2,1H3,(H,9,10). The van der Waals surface area contributed by atoms with E-state index in [4.69, 9.17) is 4.55 Å². The third-order valence-electron chi connectivity index (χ3n) is 1.57. The Morgan fingerprint density at radius 2 is 2.36 bits per heavy atom. The van der Waals surface area contributed by atoms with Gasteiger partial charge in [0.05, 0.1) is 0 Å². The van der Waals surface area contributed by atoms with Crippen molar-refractivity contribution in [1.29, 1.82) is 0 Å². The van der Waals surface area contributed by atoms with Crippen molar-refractivity contribution in [3.8, 4) is 0 Å². The van der Waals surface area contributed by atoms with Crippen molar-refractivity contribution in [3.63, 3.8) is 0 Å². The van der Waals surface area contributed by atoms with Crippen LogP contribution in [0, 0.1) is 0 Å². The van der Waals surface area contributed by atoms with E-state index in [0.29, 0.717) is 0 Å². The minimum atomic E-state index is -1.89. The Hall–Kier alpha value is -0.610. The van der Waals surface area contributed by atoms with Crippen molar-refractivity contribution in [2.45, 2.75) is 12.8 Å². The molecule has 3 nitrogen and oxygen atoms in total. The SMILES string of the molecule is CN(C1=CCCC=C1)S(=O)O. The normalized spacial score (nSPS) is 19.3. The van der Waals surface area contributed by atoms with Gasteiger partial charge in [-0.1, -0.05) is 12.2 Å². The molecule has 4 heteroatoms. The fourth-order valence-electron chi connectivity index (χ4n) is 0.923. The van der Waals surface area contributed by atoms with E-state index in [-0.39, 0.29) is 0 Å². The molecule has 1 aliphatic rings. The van der Waals surface area contributed by atoms with Crippen LogP contribution in [-0.4, -0.2) is 20.1 Å². The maximum absolute atomic E-state index is 10.6. The Bertz CT molecular complexity index is 222. The number of hydrogen-bond acceptors (Lipinski definition) is 1. The monoisotopic (exact) mass is 173 g/mol. The molecule has 1 unspecified atom stereocenters. The first-order chi connectivity index (χ1) is 5.22. The summed E-state index contributed by atoms with van der Waals surface area (Å²) in [5.74, 6) is 0. The molecule has 0 aromatic carbocycles. The Labute approximate surface area is 68.8 Å². The summed E-state index contributed by atoms with van der Waals surface area (Å²) in [5.41, 5.74) is 0.817. The molecule has 0 saturated heterocycles. The predicted molar refractivity (Wildman–Crippen MR) is 45.0 cm³/mol. The molecular formula is C7H11NO2S. The molecule has 1 aliphatic carbocycles. The lowest BCUT2D eigenvalue weighted by Crippen LogP contribution is -2.19. The maximum Gasteiger partial charge on any atom is 0.261 e. The van der Waals surface area contributed by atoms with Gasteiger partial charge in [-0.15, -0.1) is 0 Å².